The molecule has 1 aromatic heterocycles. The Morgan fingerprint density at radius 3 is 2.69 bits per heavy atom. The molecule has 0 unspecified atom stereocenters. The molecule has 26 heavy (non-hydrogen) atoms. The number of likely N-dealkylation sites (N-methyl/N-ethyl adjacent to an activating group) is 1. The second-order valence-electron chi connectivity index (χ2n) is 6.37. The SMILES string of the molecule is CN1CCn2c(c(Sc3ccc(C(=O)NO)cc3)c3cccc(F)c32)C1. The lowest BCUT2D eigenvalue weighted by atomic mass is 10.2. The number of nitrogens with zero attached hydrogens (tertiary/aromatic N) is 2. The Morgan fingerprint density at radius 2 is 1.96 bits per heavy atom. The molecule has 2 N–H and O–H groups in total. The van der Waals surface area contributed by atoms with E-state index in [0.29, 0.717) is 11.1 Å². The van der Waals surface area contributed by atoms with Crippen LogP contribution in [0.25, 0.3) is 10.9 Å². The van der Waals surface area contributed by atoms with E-state index in [1.165, 1.54) is 6.07 Å². The quantitative estimate of drug-likeness (QED) is 0.547. The molecule has 4 rings (SSSR count). The fourth-order valence-electron chi connectivity index (χ4n) is 3.37. The number of fused-ring (bicyclic) bond motifs is 3. The molecule has 1 amide bonds. The first kappa shape index (κ1) is 17.1. The summed E-state index contributed by atoms with van der Waals surface area (Å²) in [7, 11) is 2.06. The molecule has 0 saturated heterocycles. The first-order chi connectivity index (χ1) is 12.6. The van der Waals surface area contributed by atoms with Gasteiger partial charge >= 0.3 is 0 Å². The van der Waals surface area contributed by atoms with Gasteiger partial charge in [-0.15, -0.1) is 0 Å². The Bertz CT molecular complexity index is 985. The van der Waals surface area contributed by atoms with Crippen LogP contribution in [0.2, 0.25) is 0 Å². The van der Waals surface area contributed by atoms with Crippen LogP contribution in [0, 0.1) is 5.82 Å². The second-order valence-corrected chi connectivity index (χ2v) is 7.45. The monoisotopic (exact) mass is 371 g/mol. The molecular formula is C19H18FN3O2S. The number of rotatable bonds is 3. The number of hydrogen-bond donors (Lipinski definition) is 2. The number of hydroxylamine groups is 1. The van der Waals surface area contributed by atoms with Gasteiger partial charge in [0, 0.05) is 46.1 Å². The Balaban J connectivity index is 1.78. The summed E-state index contributed by atoms with van der Waals surface area (Å²) in [6.07, 6.45) is 0. The smallest absolute Gasteiger partial charge is 0.274 e. The van der Waals surface area contributed by atoms with Crippen molar-refractivity contribution in [3.63, 3.8) is 0 Å². The summed E-state index contributed by atoms with van der Waals surface area (Å²) in [6, 6.07) is 12.2. The van der Waals surface area contributed by atoms with Gasteiger partial charge in [-0.3, -0.25) is 14.9 Å². The third-order valence-corrected chi connectivity index (χ3v) is 5.82. The summed E-state index contributed by atoms with van der Waals surface area (Å²) >= 11 is 1.57. The number of carbonyl (C=O) groups is 1. The minimum Gasteiger partial charge on any atom is -0.339 e. The highest BCUT2D eigenvalue weighted by atomic mass is 32.2. The summed E-state index contributed by atoms with van der Waals surface area (Å²) in [5.74, 6) is -0.743. The van der Waals surface area contributed by atoms with Crippen LogP contribution in [0.4, 0.5) is 4.39 Å². The largest absolute Gasteiger partial charge is 0.339 e. The van der Waals surface area contributed by atoms with Crippen molar-refractivity contribution in [1.82, 2.24) is 14.9 Å². The van der Waals surface area contributed by atoms with E-state index in [9.17, 15) is 9.18 Å². The lowest BCUT2D eigenvalue weighted by molar-refractivity contribution is 0.0706. The lowest BCUT2D eigenvalue weighted by Crippen LogP contribution is -2.30. The van der Waals surface area contributed by atoms with Crippen LogP contribution in [0.3, 0.4) is 0 Å². The van der Waals surface area contributed by atoms with Gasteiger partial charge in [0.05, 0.1) is 5.52 Å². The molecule has 0 fully saturated rings. The zero-order chi connectivity index (χ0) is 18.3. The second kappa shape index (κ2) is 6.75. The van der Waals surface area contributed by atoms with Crippen molar-refractivity contribution in [1.29, 1.82) is 0 Å². The van der Waals surface area contributed by atoms with Gasteiger partial charge in [0.1, 0.15) is 5.82 Å². The van der Waals surface area contributed by atoms with Crippen molar-refractivity contribution in [2.45, 2.75) is 22.9 Å². The summed E-state index contributed by atoms with van der Waals surface area (Å²) < 4.78 is 16.6. The van der Waals surface area contributed by atoms with Crippen LogP contribution in [0.15, 0.2) is 52.3 Å². The predicted molar refractivity (Wildman–Crippen MR) is 98.0 cm³/mol. The van der Waals surface area contributed by atoms with Gasteiger partial charge in [-0.1, -0.05) is 23.9 Å². The van der Waals surface area contributed by atoms with Crippen LogP contribution in [-0.4, -0.2) is 34.2 Å². The number of aromatic nitrogens is 1. The highest BCUT2D eigenvalue weighted by molar-refractivity contribution is 7.99. The Labute approximate surface area is 154 Å². The Kier molecular flexibility index (Phi) is 4.44. The van der Waals surface area contributed by atoms with E-state index < -0.39 is 5.91 Å². The van der Waals surface area contributed by atoms with Crippen molar-refractivity contribution in [3.05, 3.63) is 59.5 Å². The third kappa shape index (κ3) is 2.88. The maximum atomic E-state index is 14.5. The zero-order valence-electron chi connectivity index (χ0n) is 14.2. The van der Waals surface area contributed by atoms with Crippen molar-refractivity contribution in [2.24, 2.45) is 0 Å². The molecule has 0 spiro atoms. The van der Waals surface area contributed by atoms with E-state index >= 15 is 0 Å². The fraction of sp³-hybridized carbons (Fsp3) is 0.211. The van der Waals surface area contributed by atoms with Crippen LogP contribution >= 0.6 is 11.8 Å². The van der Waals surface area contributed by atoms with Gasteiger partial charge in [0.2, 0.25) is 0 Å². The Morgan fingerprint density at radius 1 is 1.19 bits per heavy atom. The molecular weight excluding hydrogens is 353 g/mol. The molecule has 0 bridgehead atoms. The van der Waals surface area contributed by atoms with Crippen LogP contribution < -0.4 is 5.48 Å². The van der Waals surface area contributed by atoms with Crippen LogP contribution in [-0.2, 0) is 13.1 Å². The summed E-state index contributed by atoms with van der Waals surface area (Å²) in [4.78, 5) is 15.7. The summed E-state index contributed by atoms with van der Waals surface area (Å²) in [5.41, 5.74) is 3.78. The highest BCUT2D eigenvalue weighted by Crippen LogP contribution is 2.40. The summed E-state index contributed by atoms with van der Waals surface area (Å²) in [5, 5.41) is 9.63. The number of hydrogen-bond acceptors (Lipinski definition) is 4. The molecule has 1 aliphatic rings. The van der Waals surface area contributed by atoms with Gasteiger partial charge < -0.3 is 4.57 Å². The van der Waals surface area contributed by atoms with Gasteiger partial charge in [-0.2, -0.15) is 0 Å². The van der Waals surface area contributed by atoms with Crippen LogP contribution in [0.1, 0.15) is 16.1 Å². The molecule has 0 saturated carbocycles. The normalized spacial score (nSPS) is 14.4. The number of benzene rings is 2. The van der Waals surface area contributed by atoms with Crippen molar-refractivity contribution in [2.75, 3.05) is 13.6 Å². The van der Waals surface area contributed by atoms with E-state index in [1.54, 1.807) is 35.4 Å². The minimum atomic E-state index is -0.544. The first-order valence-corrected chi connectivity index (χ1v) is 9.10. The lowest BCUT2D eigenvalue weighted by Gasteiger charge is -2.26. The molecule has 0 atom stereocenters. The van der Waals surface area contributed by atoms with Crippen molar-refractivity contribution >= 4 is 28.6 Å². The number of nitrogens with one attached hydrogen (secondary N) is 1. The molecule has 0 aliphatic carbocycles. The maximum Gasteiger partial charge on any atom is 0.274 e. The average molecular weight is 371 g/mol. The third-order valence-electron chi connectivity index (χ3n) is 4.65. The van der Waals surface area contributed by atoms with Gasteiger partial charge in [-0.05, 0) is 37.4 Å². The van der Waals surface area contributed by atoms with E-state index in [2.05, 4.69) is 16.5 Å². The molecule has 2 heterocycles. The molecule has 3 aromatic rings. The molecule has 2 aromatic carbocycles. The van der Waals surface area contributed by atoms with Gasteiger partial charge in [0.15, 0.2) is 0 Å². The summed E-state index contributed by atoms with van der Waals surface area (Å²) in [6.45, 7) is 2.42. The number of halogens is 1. The van der Waals surface area contributed by atoms with Crippen molar-refractivity contribution < 1.29 is 14.4 Å². The predicted octanol–water partition coefficient (Wildman–Crippen LogP) is 3.50. The molecule has 7 heteroatoms. The molecule has 134 valence electrons. The number of carbonyl (C=O) groups excluding carboxylic acids is 1. The number of para-hydroxylation sites is 1. The van der Waals surface area contributed by atoms with E-state index in [0.717, 1.165) is 40.5 Å². The average Bonchev–Trinajstić information content (AvgIpc) is 2.96. The highest BCUT2D eigenvalue weighted by Gasteiger charge is 2.24. The Hall–Kier alpha value is -2.35. The van der Waals surface area contributed by atoms with E-state index in [1.807, 2.05) is 18.2 Å². The van der Waals surface area contributed by atoms with Crippen LogP contribution in [0.5, 0.6) is 0 Å². The fourth-order valence-corrected chi connectivity index (χ4v) is 4.44. The first-order valence-electron chi connectivity index (χ1n) is 8.29. The van der Waals surface area contributed by atoms with Gasteiger partial charge in [0.25, 0.3) is 5.91 Å². The molecule has 0 radical (unpaired) electrons. The standard InChI is InChI=1S/C19H18FN3O2S/c1-22-9-10-23-16(11-22)18(14-3-2-4-15(20)17(14)23)26-13-7-5-12(6-8-13)19(24)21-25/h2-8,25H,9-11H2,1H3,(H,21,24). The number of amides is 1. The molecule has 5 nitrogen and oxygen atoms in total. The van der Waals surface area contributed by atoms with E-state index in [4.69, 9.17) is 5.21 Å². The van der Waals surface area contributed by atoms with Gasteiger partial charge in [-0.25, -0.2) is 9.87 Å². The van der Waals surface area contributed by atoms with Crippen molar-refractivity contribution in [3.8, 4) is 0 Å². The molecule has 1 aliphatic heterocycles. The topological polar surface area (TPSA) is 57.5 Å². The zero-order valence-corrected chi connectivity index (χ0v) is 15.0. The minimum absolute atomic E-state index is 0.199. The maximum absolute atomic E-state index is 14.5. The van der Waals surface area contributed by atoms with E-state index in [-0.39, 0.29) is 5.82 Å².